The van der Waals surface area contributed by atoms with E-state index in [1.54, 1.807) is 0 Å². The lowest BCUT2D eigenvalue weighted by molar-refractivity contribution is -0.250. The Morgan fingerprint density at radius 2 is 1.74 bits per heavy atom. The van der Waals surface area contributed by atoms with Crippen LogP contribution < -0.4 is 11.2 Å². The van der Waals surface area contributed by atoms with Gasteiger partial charge in [-0.2, -0.15) is 4.31 Å². The fourth-order valence-electron chi connectivity index (χ4n) is 3.65. The fraction of sp³-hybridized carbons (Fsp3) is 0.750. The SMILES string of the molecule is CC1C(OP(=O)(O)OP(=O)(O)OC[C@H]2O[C@@H](n3ccc(=O)[nH]c3=O)C(O)[C@H]2O)OC(CN=[N+]=[N-])C(O)C1O. The zero-order valence-corrected chi connectivity index (χ0v) is 21.1. The van der Waals surface area contributed by atoms with E-state index < -0.39 is 95.1 Å². The van der Waals surface area contributed by atoms with Gasteiger partial charge in [0.1, 0.15) is 24.4 Å². The number of nitrogens with one attached hydrogen (secondary N) is 1. The van der Waals surface area contributed by atoms with E-state index in [9.17, 15) is 48.9 Å². The number of hydrogen-bond acceptors (Lipinski definition) is 14. The lowest BCUT2D eigenvalue weighted by Crippen LogP contribution is -2.54. The largest absolute Gasteiger partial charge is 0.483 e. The molecule has 214 valence electrons. The van der Waals surface area contributed by atoms with Gasteiger partial charge in [0.25, 0.3) is 5.56 Å². The number of rotatable bonds is 10. The molecule has 0 radical (unpaired) electrons. The minimum atomic E-state index is -5.47. The summed E-state index contributed by atoms with van der Waals surface area (Å²) in [7, 11) is -10.9. The van der Waals surface area contributed by atoms with E-state index >= 15 is 0 Å². The lowest BCUT2D eigenvalue weighted by atomic mass is 9.92. The number of aromatic nitrogens is 2. The molecule has 22 heteroatoms. The summed E-state index contributed by atoms with van der Waals surface area (Å²) in [6, 6.07) is 0.942. The number of ether oxygens (including phenoxy) is 2. The topological polar surface area (TPSA) is 305 Å². The second-order valence-electron chi connectivity index (χ2n) is 8.28. The monoisotopic (exact) mass is 589 g/mol. The summed E-state index contributed by atoms with van der Waals surface area (Å²) in [4.78, 5) is 47.4. The molecule has 2 aliphatic heterocycles. The van der Waals surface area contributed by atoms with Crippen molar-refractivity contribution in [1.82, 2.24) is 9.55 Å². The summed E-state index contributed by atoms with van der Waals surface area (Å²) in [6.45, 7) is -0.219. The number of aliphatic hydroxyl groups excluding tert-OH is 4. The van der Waals surface area contributed by atoms with Crippen molar-refractivity contribution >= 4 is 15.6 Å². The standard InChI is InChI=1S/C16H25N5O15P2/c1-6-10(23)11(24)7(4-18-20-17)34-15(6)35-38(30,31)36-37(28,29)32-5-8-12(25)13(26)14(33-8)21-3-2-9(22)19-16(21)27/h2-3,6-8,10-15,23-26H,4-5H2,1H3,(H,28,29)(H,30,31)(H,19,22,27)/t6?,7?,8-,10?,11?,12+,13?,14-,15?/m1/s1. The van der Waals surface area contributed by atoms with Crippen molar-refractivity contribution in [3.05, 3.63) is 43.5 Å². The predicted octanol–water partition coefficient (Wildman–Crippen LogP) is -2.20. The molecule has 38 heavy (non-hydrogen) atoms. The molecule has 0 aromatic carbocycles. The van der Waals surface area contributed by atoms with E-state index in [1.165, 1.54) is 6.92 Å². The normalized spacial score (nSPS) is 36.7. The van der Waals surface area contributed by atoms with Gasteiger partial charge in [0.05, 0.1) is 25.4 Å². The van der Waals surface area contributed by atoms with E-state index in [0.29, 0.717) is 0 Å². The second kappa shape index (κ2) is 12.0. The third kappa shape index (κ3) is 7.15. The Kier molecular flexibility index (Phi) is 9.67. The predicted molar refractivity (Wildman–Crippen MR) is 119 cm³/mol. The summed E-state index contributed by atoms with van der Waals surface area (Å²) >= 11 is 0. The van der Waals surface area contributed by atoms with Gasteiger partial charge in [-0.05, 0) is 5.53 Å². The van der Waals surface area contributed by atoms with Crippen LogP contribution in [0.3, 0.4) is 0 Å². The average molecular weight is 589 g/mol. The molecular weight excluding hydrogens is 564 g/mol. The van der Waals surface area contributed by atoms with Crippen LogP contribution in [0, 0.1) is 5.92 Å². The third-order valence-corrected chi connectivity index (χ3v) is 8.24. The Morgan fingerprint density at radius 1 is 1.08 bits per heavy atom. The van der Waals surface area contributed by atoms with Crippen molar-refractivity contribution in [1.29, 1.82) is 0 Å². The molecule has 0 saturated carbocycles. The summed E-state index contributed by atoms with van der Waals surface area (Å²) in [5.74, 6) is -1.16. The van der Waals surface area contributed by atoms with E-state index in [4.69, 9.17) is 19.5 Å². The second-order valence-corrected chi connectivity index (χ2v) is 11.3. The number of H-pyrrole nitrogens is 1. The van der Waals surface area contributed by atoms with Crippen LogP contribution in [0.2, 0.25) is 0 Å². The van der Waals surface area contributed by atoms with Crippen molar-refractivity contribution in [2.24, 2.45) is 11.0 Å². The van der Waals surface area contributed by atoms with Gasteiger partial charge in [-0.15, -0.1) is 0 Å². The highest BCUT2D eigenvalue weighted by atomic mass is 31.3. The molecule has 7 N–H and O–H groups in total. The number of phosphoric acid groups is 2. The van der Waals surface area contributed by atoms with Gasteiger partial charge in [-0.3, -0.25) is 23.4 Å². The van der Waals surface area contributed by atoms with Crippen molar-refractivity contribution in [3.63, 3.8) is 0 Å². The minimum Gasteiger partial charge on any atom is -0.390 e. The zero-order valence-electron chi connectivity index (χ0n) is 19.3. The summed E-state index contributed by atoms with van der Waals surface area (Å²) in [5, 5.41) is 43.7. The van der Waals surface area contributed by atoms with Gasteiger partial charge in [0.15, 0.2) is 12.5 Å². The van der Waals surface area contributed by atoms with Gasteiger partial charge in [-0.25, -0.2) is 13.9 Å². The molecular formula is C16H25N5O15P2. The first-order valence-electron chi connectivity index (χ1n) is 10.7. The molecule has 11 atom stereocenters. The zero-order chi connectivity index (χ0) is 28.4. The van der Waals surface area contributed by atoms with E-state index in [0.717, 1.165) is 16.8 Å². The number of azide groups is 1. The first-order valence-corrected chi connectivity index (χ1v) is 13.7. The molecule has 3 heterocycles. The Morgan fingerprint density at radius 3 is 2.37 bits per heavy atom. The first-order chi connectivity index (χ1) is 17.7. The van der Waals surface area contributed by atoms with Crippen LogP contribution in [0.25, 0.3) is 10.4 Å². The van der Waals surface area contributed by atoms with E-state index in [2.05, 4.69) is 18.9 Å². The van der Waals surface area contributed by atoms with Crippen LogP contribution in [0.4, 0.5) is 0 Å². The molecule has 8 unspecified atom stereocenters. The van der Waals surface area contributed by atoms with Crippen LogP contribution in [0.1, 0.15) is 13.2 Å². The van der Waals surface area contributed by atoms with Crippen LogP contribution >= 0.6 is 15.6 Å². The van der Waals surface area contributed by atoms with Gasteiger partial charge >= 0.3 is 21.3 Å². The highest BCUT2D eigenvalue weighted by Crippen LogP contribution is 2.61. The quantitative estimate of drug-likeness (QED) is 0.0659. The Balaban J connectivity index is 1.62. The summed E-state index contributed by atoms with van der Waals surface area (Å²) in [5.41, 5.74) is 6.70. The number of aliphatic hydroxyl groups is 4. The summed E-state index contributed by atoms with van der Waals surface area (Å²) < 4.78 is 49.4. The molecule has 2 aliphatic rings. The molecule has 1 aromatic rings. The van der Waals surface area contributed by atoms with Gasteiger partial charge < -0.3 is 39.7 Å². The average Bonchev–Trinajstić information content (AvgIpc) is 3.10. The van der Waals surface area contributed by atoms with Gasteiger partial charge in [-0.1, -0.05) is 12.0 Å². The molecule has 0 bridgehead atoms. The van der Waals surface area contributed by atoms with Crippen molar-refractivity contribution in [2.75, 3.05) is 13.2 Å². The van der Waals surface area contributed by atoms with Crippen LogP contribution in [0.15, 0.2) is 27.0 Å². The third-order valence-electron chi connectivity index (χ3n) is 5.64. The highest BCUT2D eigenvalue weighted by Gasteiger charge is 2.48. The van der Waals surface area contributed by atoms with E-state index in [-0.39, 0.29) is 0 Å². The smallest absolute Gasteiger partial charge is 0.390 e. The van der Waals surface area contributed by atoms with E-state index in [1.807, 2.05) is 4.98 Å². The van der Waals surface area contributed by atoms with Crippen molar-refractivity contribution < 1.29 is 62.2 Å². The number of hydrogen-bond donors (Lipinski definition) is 7. The van der Waals surface area contributed by atoms with Crippen LogP contribution in [-0.4, -0.2) is 95.8 Å². The van der Waals surface area contributed by atoms with Crippen molar-refractivity contribution in [2.45, 2.75) is 56.1 Å². The van der Waals surface area contributed by atoms with Crippen LogP contribution in [0.5, 0.6) is 0 Å². The maximum Gasteiger partial charge on any atom is 0.483 e. The molecule has 0 amide bonds. The number of nitrogens with zero attached hydrogens (tertiary/aromatic N) is 4. The number of aromatic amines is 1. The molecule has 0 aliphatic carbocycles. The van der Waals surface area contributed by atoms with Gasteiger partial charge in [0.2, 0.25) is 0 Å². The highest BCUT2D eigenvalue weighted by molar-refractivity contribution is 7.61. The Hall–Kier alpha value is -1.99. The van der Waals surface area contributed by atoms with Crippen LogP contribution in [-0.2, 0) is 32.0 Å². The molecule has 20 nitrogen and oxygen atoms in total. The maximum atomic E-state index is 12.4. The Labute approximate surface area is 211 Å². The maximum absolute atomic E-state index is 12.4. The molecule has 2 saturated heterocycles. The first kappa shape index (κ1) is 30.6. The molecule has 1 aromatic heterocycles. The molecule has 0 spiro atoms. The molecule has 3 rings (SSSR count). The Bertz CT molecular complexity index is 1250. The minimum absolute atomic E-state index is 0.485. The lowest BCUT2D eigenvalue weighted by Gasteiger charge is -2.40. The van der Waals surface area contributed by atoms with Gasteiger partial charge in [0, 0.05) is 23.1 Å². The summed E-state index contributed by atoms with van der Waals surface area (Å²) in [6.07, 6.45) is -11.9. The fourth-order valence-corrected chi connectivity index (χ4v) is 5.88. The number of phosphoric ester groups is 2. The van der Waals surface area contributed by atoms with Crippen molar-refractivity contribution in [3.8, 4) is 0 Å². The molecule has 2 fully saturated rings.